The molecule has 288 valence electrons. The van der Waals surface area contributed by atoms with Gasteiger partial charge in [-0.1, -0.05) is 31.5 Å². The quantitative estimate of drug-likeness (QED) is 0.0858. The van der Waals surface area contributed by atoms with E-state index in [0.717, 1.165) is 37.0 Å². The van der Waals surface area contributed by atoms with E-state index in [1.165, 1.54) is 59.8 Å². The molecule has 4 aromatic rings. The van der Waals surface area contributed by atoms with Crippen LogP contribution in [0.5, 0.6) is 17.2 Å². The zero-order valence-electron chi connectivity index (χ0n) is 31.8. The maximum absolute atomic E-state index is 13.9. The van der Waals surface area contributed by atoms with E-state index in [0.29, 0.717) is 71.8 Å². The van der Waals surface area contributed by atoms with Crippen molar-refractivity contribution in [3.63, 3.8) is 0 Å². The van der Waals surface area contributed by atoms with Gasteiger partial charge in [-0.15, -0.1) is 0 Å². The van der Waals surface area contributed by atoms with Crippen molar-refractivity contribution < 1.29 is 27.5 Å². The number of aromatic nitrogens is 2. The van der Waals surface area contributed by atoms with Gasteiger partial charge in [0.2, 0.25) is 5.91 Å². The highest BCUT2D eigenvalue weighted by Gasteiger charge is 2.51. The highest BCUT2D eigenvalue weighted by atomic mass is 32.2. The Kier molecular flexibility index (Phi) is 11.1. The fourth-order valence-electron chi connectivity index (χ4n) is 9.77. The van der Waals surface area contributed by atoms with Crippen LogP contribution in [-0.4, -0.2) is 42.4 Å². The molecule has 0 aliphatic heterocycles. The zero-order valence-corrected chi connectivity index (χ0v) is 32.6. The number of rotatable bonds is 17. The molecular weight excluding hydrogens is 703 g/mol. The largest absolute Gasteiger partial charge is 0.493 e. The molecule has 3 aromatic carbocycles. The lowest BCUT2D eigenvalue weighted by atomic mass is 9.49. The molecule has 1 N–H and O–H groups in total. The predicted octanol–water partition coefficient (Wildman–Crippen LogP) is 7.90. The predicted molar refractivity (Wildman–Crippen MR) is 209 cm³/mol. The van der Waals surface area contributed by atoms with Crippen LogP contribution in [0.15, 0.2) is 70.4 Å². The molecule has 4 aliphatic rings. The highest BCUT2D eigenvalue weighted by molar-refractivity contribution is 7.90. The van der Waals surface area contributed by atoms with Gasteiger partial charge in [-0.25, -0.2) is 13.2 Å². The number of nitrogens with zero attached hydrogens (tertiary/aromatic N) is 2. The first kappa shape index (κ1) is 37.9. The smallest absolute Gasteiger partial charge is 0.328 e. The van der Waals surface area contributed by atoms with Crippen molar-refractivity contribution in [3.8, 4) is 17.2 Å². The number of amides is 1. The van der Waals surface area contributed by atoms with Gasteiger partial charge < -0.3 is 14.8 Å². The molecule has 4 bridgehead atoms. The van der Waals surface area contributed by atoms with E-state index < -0.39 is 15.6 Å². The van der Waals surface area contributed by atoms with Gasteiger partial charge in [0.25, 0.3) is 0 Å². The van der Waals surface area contributed by atoms with Gasteiger partial charge in [0.1, 0.15) is 17.2 Å². The van der Waals surface area contributed by atoms with E-state index in [2.05, 4.69) is 5.32 Å². The Morgan fingerprint density at radius 2 is 1.52 bits per heavy atom. The van der Waals surface area contributed by atoms with Gasteiger partial charge >= 0.3 is 5.69 Å². The number of imidazole rings is 1. The summed E-state index contributed by atoms with van der Waals surface area (Å²) in [5, 5.41) is 3.14. The maximum Gasteiger partial charge on any atom is 0.328 e. The minimum atomic E-state index is -3.94. The Morgan fingerprint density at radius 1 is 0.852 bits per heavy atom. The van der Waals surface area contributed by atoms with Crippen LogP contribution in [0.4, 0.5) is 0 Å². The number of Topliss-reactive ketones (excluding diaryl/α,β-unsaturated/α-hetero) is 1. The van der Waals surface area contributed by atoms with Crippen molar-refractivity contribution in [2.24, 2.45) is 37.3 Å². The number of hydrogen-bond donors (Lipinski definition) is 1. The van der Waals surface area contributed by atoms with Crippen LogP contribution in [0.25, 0.3) is 11.0 Å². The van der Waals surface area contributed by atoms with E-state index in [1.54, 1.807) is 56.6 Å². The molecule has 0 unspecified atom stereocenters. The maximum atomic E-state index is 13.9. The second kappa shape index (κ2) is 15.8. The molecule has 10 nitrogen and oxygen atoms in total. The van der Waals surface area contributed by atoms with Crippen LogP contribution >= 0.6 is 0 Å². The number of ketones is 1. The molecule has 1 aromatic heterocycles. The van der Waals surface area contributed by atoms with E-state index in [-0.39, 0.29) is 27.7 Å². The number of nitrogens with one attached hydrogen (secondary N) is 1. The summed E-state index contributed by atoms with van der Waals surface area (Å²) < 4.78 is 42.9. The third kappa shape index (κ3) is 8.31. The SMILES string of the molecule is CCCOc1cccc(Oc2cc3c(cc2CS(=O)(=O)c2cccc(C(=O)CCCCCNC(=O)CC45CC6CC(CC(C6)C4)C5)c2)n(C)c(=O)n3C)c1. The van der Waals surface area contributed by atoms with E-state index in [1.807, 2.05) is 13.0 Å². The van der Waals surface area contributed by atoms with Crippen molar-refractivity contribution in [1.82, 2.24) is 14.5 Å². The van der Waals surface area contributed by atoms with Gasteiger partial charge in [0.15, 0.2) is 15.6 Å². The highest BCUT2D eigenvalue weighted by Crippen LogP contribution is 2.61. The summed E-state index contributed by atoms with van der Waals surface area (Å²) in [7, 11) is -0.632. The third-order valence-electron chi connectivity index (χ3n) is 11.9. The fourth-order valence-corrected chi connectivity index (χ4v) is 11.2. The van der Waals surface area contributed by atoms with Crippen LogP contribution < -0.4 is 20.5 Å². The summed E-state index contributed by atoms with van der Waals surface area (Å²) in [6.45, 7) is 3.18. The molecule has 0 saturated heterocycles. The number of aryl methyl sites for hydroxylation is 2. The number of unbranched alkanes of at least 4 members (excludes halogenated alkanes) is 2. The summed E-state index contributed by atoms with van der Waals surface area (Å²) in [6, 6.07) is 16.7. The molecule has 0 spiro atoms. The Labute approximate surface area is 318 Å². The van der Waals surface area contributed by atoms with Crippen molar-refractivity contribution in [1.29, 1.82) is 0 Å². The molecular formula is C43H53N3O7S. The van der Waals surface area contributed by atoms with E-state index in [9.17, 15) is 22.8 Å². The molecule has 54 heavy (non-hydrogen) atoms. The first-order chi connectivity index (χ1) is 25.9. The molecule has 4 saturated carbocycles. The standard InChI is InChI=1S/C43H53N3O7S/c1-4-16-52-34-11-9-12-35(22-34)53-40-23-38-37(45(2)42(49)46(38)3)21-33(40)28-54(50,51)36-13-8-10-32(20-36)39(47)14-6-5-7-15-44-41(48)27-43-24-29-17-30(25-43)19-31(18-29)26-43/h8-13,20-23,29-31H,4-7,14-19,24-28H2,1-3H3,(H,44,48). The number of ether oxygens (including phenoxy) is 2. The number of carbonyl (C=O) groups is 2. The lowest BCUT2D eigenvalue weighted by Gasteiger charge is -2.56. The van der Waals surface area contributed by atoms with E-state index >= 15 is 0 Å². The lowest BCUT2D eigenvalue weighted by Crippen LogP contribution is -2.48. The van der Waals surface area contributed by atoms with Gasteiger partial charge in [0, 0.05) is 56.7 Å². The summed E-state index contributed by atoms with van der Waals surface area (Å²) >= 11 is 0. The monoisotopic (exact) mass is 755 g/mol. The van der Waals surface area contributed by atoms with Gasteiger partial charge in [-0.3, -0.25) is 18.7 Å². The topological polar surface area (TPSA) is 126 Å². The summed E-state index contributed by atoms with van der Waals surface area (Å²) in [6.07, 6.45) is 11.8. The summed E-state index contributed by atoms with van der Waals surface area (Å²) in [5.74, 6) is 3.54. The third-order valence-corrected chi connectivity index (χ3v) is 13.6. The van der Waals surface area contributed by atoms with Crippen LogP contribution in [0, 0.1) is 23.2 Å². The minimum Gasteiger partial charge on any atom is -0.493 e. The van der Waals surface area contributed by atoms with Gasteiger partial charge in [-0.2, -0.15) is 0 Å². The van der Waals surface area contributed by atoms with Crippen LogP contribution in [-0.2, 0) is 34.5 Å². The van der Waals surface area contributed by atoms with Crippen molar-refractivity contribution in [2.75, 3.05) is 13.2 Å². The van der Waals surface area contributed by atoms with Gasteiger partial charge in [-0.05, 0) is 111 Å². The molecule has 4 fully saturated rings. The van der Waals surface area contributed by atoms with Crippen molar-refractivity contribution >= 4 is 32.6 Å². The summed E-state index contributed by atoms with van der Waals surface area (Å²) in [5.41, 5.74) is 1.89. The normalized spacial score (nSPS) is 21.7. The molecule has 4 aliphatic carbocycles. The lowest BCUT2D eigenvalue weighted by molar-refractivity contribution is -0.129. The first-order valence-corrected chi connectivity index (χ1v) is 21.3. The number of sulfone groups is 1. The van der Waals surface area contributed by atoms with Crippen molar-refractivity contribution in [3.05, 3.63) is 82.3 Å². The minimum absolute atomic E-state index is 0.0399. The Morgan fingerprint density at radius 3 is 2.22 bits per heavy atom. The average molecular weight is 756 g/mol. The van der Waals surface area contributed by atoms with Gasteiger partial charge in [0.05, 0.1) is 28.3 Å². The number of benzene rings is 3. The Hall–Kier alpha value is -4.38. The molecule has 8 rings (SSSR count). The van der Waals surface area contributed by atoms with Crippen LogP contribution in [0.1, 0.15) is 99.9 Å². The Balaban J connectivity index is 0.963. The van der Waals surface area contributed by atoms with Crippen molar-refractivity contribution in [2.45, 2.75) is 94.6 Å². The van der Waals surface area contributed by atoms with Crippen LogP contribution in [0.2, 0.25) is 0 Å². The molecule has 1 amide bonds. The first-order valence-electron chi connectivity index (χ1n) is 19.6. The number of carbonyl (C=O) groups excluding carboxylic acids is 2. The van der Waals surface area contributed by atoms with E-state index in [4.69, 9.17) is 9.47 Å². The molecule has 0 radical (unpaired) electrons. The zero-order chi connectivity index (χ0) is 38.0. The second-order valence-corrected chi connectivity index (χ2v) is 18.2. The Bertz CT molecular complexity index is 2170. The number of hydrogen-bond acceptors (Lipinski definition) is 7. The average Bonchev–Trinajstić information content (AvgIpc) is 3.34. The number of fused-ring (bicyclic) bond motifs is 1. The summed E-state index contributed by atoms with van der Waals surface area (Å²) in [4.78, 5) is 38.9. The molecule has 0 atom stereocenters. The van der Waals surface area contributed by atoms with Crippen LogP contribution in [0.3, 0.4) is 0 Å². The molecule has 1 heterocycles. The second-order valence-electron chi connectivity index (χ2n) is 16.2. The fraction of sp³-hybridized carbons (Fsp3) is 0.512. The molecule has 11 heteroatoms.